The Labute approximate surface area is 102 Å². The Morgan fingerprint density at radius 2 is 1.71 bits per heavy atom. The lowest BCUT2D eigenvalue weighted by Gasteiger charge is -2.10. The second-order valence-electron chi connectivity index (χ2n) is 4.32. The maximum atomic E-state index is 11.5. The van der Waals surface area contributed by atoms with Gasteiger partial charge in [-0.3, -0.25) is 4.79 Å². The number of amides is 1. The number of nitrogens with zero attached hydrogens (tertiary/aromatic N) is 1. The molecule has 0 fully saturated rings. The predicted molar refractivity (Wildman–Crippen MR) is 66.8 cm³/mol. The van der Waals surface area contributed by atoms with Crippen LogP contribution in [-0.2, 0) is 9.59 Å². The summed E-state index contributed by atoms with van der Waals surface area (Å²) in [5, 5.41) is 11.4. The van der Waals surface area contributed by atoms with Gasteiger partial charge in [0.25, 0.3) is 0 Å². The quantitative estimate of drug-likeness (QED) is 0.513. The van der Waals surface area contributed by atoms with Crippen LogP contribution in [0.2, 0.25) is 0 Å². The fourth-order valence-corrected chi connectivity index (χ4v) is 1.22. The van der Waals surface area contributed by atoms with Gasteiger partial charge in [-0.1, -0.05) is 0 Å². The number of carboxylic acid groups (broad SMARTS) is 1. The first-order valence-corrected chi connectivity index (χ1v) is 5.70. The van der Waals surface area contributed by atoms with Gasteiger partial charge in [-0.2, -0.15) is 0 Å². The molecule has 0 radical (unpaired) electrons. The highest BCUT2D eigenvalue weighted by atomic mass is 16.4. The van der Waals surface area contributed by atoms with Crippen LogP contribution in [0.15, 0.2) is 11.1 Å². The molecule has 0 aromatic heterocycles. The average Bonchev–Trinajstić information content (AvgIpc) is 2.25. The highest BCUT2D eigenvalue weighted by Crippen LogP contribution is 2.03. The number of unbranched alkanes of at least 4 members (excludes halogenated alkanes) is 1. The fraction of sp³-hybridized carbons (Fsp3) is 0.667. The van der Waals surface area contributed by atoms with Gasteiger partial charge in [0.05, 0.1) is 0 Å². The summed E-state index contributed by atoms with van der Waals surface area (Å²) in [5.41, 5.74) is 0.362. The topological polar surface area (TPSA) is 69.6 Å². The average molecular weight is 242 g/mol. The van der Waals surface area contributed by atoms with Gasteiger partial charge >= 0.3 is 5.97 Å². The summed E-state index contributed by atoms with van der Waals surface area (Å²) in [5.74, 6) is -1.35. The van der Waals surface area contributed by atoms with E-state index in [4.69, 9.17) is 5.11 Å². The van der Waals surface area contributed by atoms with Crippen molar-refractivity contribution in [2.75, 3.05) is 27.2 Å². The number of aliphatic carboxylic acids is 1. The van der Waals surface area contributed by atoms with Crippen molar-refractivity contribution in [2.45, 2.75) is 26.7 Å². The van der Waals surface area contributed by atoms with Crippen LogP contribution in [0.3, 0.4) is 0 Å². The standard InChI is InChI=1S/C12H22N2O3/c1-9(10(2)12(16)17)11(15)13-7-5-6-8-14(3)4/h5-8H2,1-4H3,(H,13,15)(H,16,17). The number of carboxylic acids is 1. The molecule has 2 N–H and O–H groups in total. The molecule has 0 aliphatic carbocycles. The number of rotatable bonds is 7. The molecule has 0 aromatic rings. The molecule has 17 heavy (non-hydrogen) atoms. The van der Waals surface area contributed by atoms with E-state index in [2.05, 4.69) is 10.2 Å². The van der Waals surface area contributed by atoms with Crippen molar-refractivity contribution < 1.29 is 14.7 Å². The van der Waals surface area contributed by atoms with E-state index < -0.39 is 5.97 Å². The number of carbonyl (C=O) groups is 2. The van der Waals surface area contributed by atoms with Crippen LogP contribution in [-0.4, -0.2) is 49.1 Å². The van der Waals surface area contributed by atoms with Gasteiger partial charge in [0, 0.05) is 17.7 Å². The first-order valence-electron chi connectivity index (χ1n) is 5.70. The maximum Gasteiger partial charge on any atom is 0.331 e. The minimum atomic E-state index is -1.05. The minimum Gasteiger partial charge on any atom is -0.478 e. The Balaban J connectivity index is 3.95. The van der Waals surface area contributed by atoms with Crippen LogP contribution in [0.5, 0.6) is 0 Å². The second-order valence-corrected chi connectivity index (χ2v) is 4.32. The molecule has 0 atom stereocenters. The second kappa shape index (κ2) is 7.84. The number of carbonyl (C=O) groups excluding carboxylic acids is 1. The molecule has 0 unspecified atom stereocenters. The van der Waals surface area contributed by atoms with Gasteiger partial charge in [-0.05, 0) is 47.3 Å². The van der Waals surface area contributed by atoms with Crippen molar-refractivity contribution in [1.82, 2.24) is 10.2 Å². The smallest absolute Gasteiger partial charge is 0.331 e. The molecule has 0 heterocycles. The third-order valence-corrected chi connectivity index (χ3v) is 2.54. The molecule has 0 aliphatic heterocycles. The maximum absolute atomic E-state index is 11.5. The third kappa shape index (κ3) is 6.73. The summed E-state index contributed by atoms with van der Waals surface area (Å²) in [6, 6.07) is 0. The molecule has 0 spiro atoms. The normalized spacial score (nSPS) is 12.3. The Bertz CT molecular complexity index is 309. The lowest BCUT2D eigenvalue weighted by Crippen LogP contribution is -2.27. The summed E-state index contributed by atoms with van der Waals surface area (Å²) >= 11 is 0. The number of hydrogen-bond donors (Lipinski definition) is 2. The predicted octanol–water partition coefficient (Wildman–Crippen LogP) is 0.865. The Kier molecular flexibility index (Phi) is 7.21. The molecule has 0 saturated heterocycles. The molecule has 5 heteroatoms. The lowest BCUT2D eigenvalue weighted by atomic mass is 10.1. The molecular formula is C12H22N2O3. The summed E-state index contributed by atoms with van der Waals surface area (Å²) in [7, 11) is 4.00. The summed E-state index contributed by atoms with van der Waals surface area (Å²) in [6.45, 7) is 4.53. The van der Waals surface area contributed by atoms with Crippen LogP contribution in [0.25, 0.3) is 0 Å². The molecule has 0 aliphatic rings. The van der Waals surface area contributed by atoms with E-state index in [1.807, 2.05) is 14.1 Å². The van der Waals surface area contributed by atoms with Crippen LogP contribution in [0, 0.1) is 0 Å². The van der Waals surface area contributed by atoms with E-state index >= 15 is 0 Å². The summed E-state index contributed by atoms with van der Waals surface area (Å²) < 4.78 is 0. The van der Waals surface area contributed by atoms with E-state index in [-0.39, 0.29) is 17.1 Å². The third-order valence-electron chi connectivity index (χ3n) is 2.54. The van der Waals surface area contributed by atoms with Gasteiger partial charge in [-0.25, -0.2) is 4.79 Å². The number of hydrogen-bond acceptors (Lipinski definition) is 3. The summed E-state index contributed by atoms with van der Waals surface area (Å²) in [4.78, 5) is 24.3. The fourth-order valence-electron chi connectivity index (χ4n) is 1.22. The molecular weight excluding hydrogens is 220 g/mol. The van der Waals surface area contributed by atoms with Gasteiger partial charge in [0.2, 0.25) is 5.91 Å². The van der Waals surface area contributed by atoms with Gasteiger partial charge < -0.3 is 15.3 Å². The van der Waals surface area contributed by atoms with E-state index in [0.29, 0.717) is 6.54 Å². The monoisotopic (exact) mass is 242 g/mol. The highest BCUT2D eigenvalue weighted by molar-refractivity contribution is 6.01. The molecule has 0 bridgehead atoms. The Morgan fingerprint density at radius 1 is 1.12 bits per heavy atom. The van der Waals surface area contributed by atoms with Crippen molar-refractivity contribution >= 4 is 11.9 Å². The van der Waals surface area contributed by atoms with Crippen molar-refractivity contribution in [3.05, 3.63) is 11.1 Å². The molecule has 0 rings (SSSR count). The number of nitrogens with one attached hydrogen (secondary N) is 1. The SMILES string of the molecule is CC(C(=O)O)=C(C)C(=O)NCCCCN(C)C. The van der Waals surface area contributed by atoms with Crippen LogP contribution in [0.1, 0.15) is 26.7 Å². The van der Waals surface area contributed by atoms with Crippen LogP contribution in [0.4, 0.5) is 0 Å². The Morgan fingerprint density at radius 3 is 2.18 bits per heavy atom. The van der Waals surface area contributed by atoms with Gasteiger partial charge in [0.15, 0.2) is 0 Å². The van der Waals surface area contributed by atoms with Gasteiger partial charge in [-0.15, -0.1) is 0 Å². The zero-order valence-corrected chi connectivity index (χ0v) is 11.0. The minimum absolute atomic E-state index is 0.0933. The molecule has 1 amide bonds. The van der Waals surface area contributed by atoms with Crippen molar-refractivity contribution in [1.29, 1.82) is 0 Å². The largest absolute Gasteiger partial charge is 0.478 e. The molecule has 0 saturated carbocycles. The van der Waals surface area contributed by atoms with Gasteiger partial charge in [0.1, 0.15) is 0 Å². The highest BCUT2D eigenvalue weighted by Gasteiger charge is 2.11. The van der Waals surface area contributed by atoms with Crippen LogP contribution >= 0.6 is 0 Å². The first kappa shape index (κ1) is 15.6. The van der Waals surface area contributed by atoms with Crippen LogP contribution < -0.4 is 5.32 Å². The first-order chi connectivity index (χ1) is 7.86. The molecule has 98 valence electrons. The van der Waals surface area contributed by atoms with E-state index in [9.17, 15) is 9.59 Å². The van der Waals surface area contributed by atoms with Crippen molar-refractivity contribution in [2.24, 2.45) is 0 Å². The zero-order valence-electron chi connectivity index (χ0n) is 11.0. The van der Waals surface area contributed by atoms with E-state index in [1.165, 1.54) is 13.8 Å². The van der Waals surface area contributed by atoms with E-state index in [0.717, 1.165) is 19.4 Å². The Hall–Kier alpha value is -1.36. The molecule has 5 nitrogen and oxygen atoms in total. The summed E-state index contributed by atoms with van der Waals surface area (Å²) in [6.07, 6.45) is 1.90. The zero-order chi connectivity index (χ0) is 13.4. The lowest BCUT2D eigenvalue weighted by molar-refractivity contribution is -0.133. The van der Waals surface area contributed by atoms with Crippen molar-refractivity contribution in [3.63, 3.8) is 0 Å². The van der Waals surface area contributed by atoms with Crippen molar-refractivity contribution in [3.8, 4) is 0 Å². The van der Waals surface area contributed by atoms with E-state index in [1.54, 1.807) is 0 Å². The molecule has 0 aromatic carbocycles.